The second kappa shape index (κ2) is 9.18. The lowest BCUT2D eigenvalue weighted by molar-refractivity contribution is -0.147. The Morgan fingerprint density at radius 1 is 1.14 bits per heavy atom. The summed E-state index contributed by atoms with van der Waals surface area (Å²) >= 11 is 0. The smallest absolute Gasteiger partial charge is 0.340 e. The van der Waals surface area contributed by atoms with Crippen molar-refractivity contribution in [2.45, 2.75) is 32.7 Å². The van der Waals surface area contributed by atoms with Crippen molar-refractivity contribution < 1.29 is 33.4 Å². The third-order valence-corrected chi connectivity index (χ3v) is 4.04. The largest absolute Gasteiger partial charge is 0.462 e. The molecule has 10 nitrogen and oxygen atoms in total. The van der Waals surface area contributed by atoms with Crippen LogP contribution < -0.4 is 10.6 Å². The third kappa shape index (κ3) is 5.53. The molecule has 1 aromatic rings. The van der Waals surface area contributed by atoms with E-state index >= 15 is 0 Å². The molecule has 1 heterocycles. The first-order chi connectivity index (χ1) is 13.7. The molecular formula is C19H23N3O7. The van der Waals surface area contributed by atoms with Gasteiger partial charge in [-0.05, 0) is 32.9 Å². The van der Waals surface area contributed by atoms with E-state index in [1.54, 1.807) is 32.9 Å². The van der Waals surface area contributed by atoms with E-state index in [0.29, 0.717) is 0 Å². The van der Waals surface area contributed by atoms with Gasteiger partial charge in [-0.25, -0.2) is 9.59 Å². The quantitative estimate of drug-likeness (QED) is 0.488. The topological polar surface area (TPSA) is 131 Å². The second-order valence-corrected chi connectivity index (χ2v) is 6.74. The normalized spacial score (nSPS) is 14.9. The third-order valence-electron chi connectivity index (χ3n) is 4.04. The molecule has 29 heavy (non-hydrogen) atoms. The first-order valence-corrected chi connectivity index (χ1v) is 9.01. The zero-order valence-corrected chi connectivity index (χ0v) is 16.4. The Hall–Kier alpha value is -3.43. The molecular weight excluding hydrogens is 382 g/mol. The molecule has 156 valence electrons. The fourth-order valence-corrected chi connectivity index (χ4v) is 2.61. The molecule has 0 atom stereocenters. The van der Waals surface area contributed by atoms with E-state index in [-0.39, 0.29) is 30.8 Å². The predicted octanol–water partition coefficient (Wildman–Crippen LogP) is 1.07. The summed E-state index contributed by atoms with van der Waals surface area (Å²) in [4.78, 5) is 60.5. The van der Waals surface area contributed by atoms with E-state index in [0.717, 1.165) is 4.90 Å². The molecule has 1 aliphatic rings. The maximum Gasteiger partial charge on any atom is 0.340 e. The lowest BCUT2D eigenvalue weighted by Gasteiger charge is -2.15. The number of benzene rings is 1. The molecule has 2 rings (SSSR count). The van der Waals surface area contributed by atoms with Crippen molar-refractivity contribution in [1.29, 1.82) is 0 Å². The minimum Gasteiger partial charge on any atom is -0.462 e. The first-order valence-electron chi connectivity index (χ1n) is 9.01. The summed E-state index contributed by atoms with van der Waals surface area (Å²) in [5.41, 5.74) is -0.614. The number of hydrogen-bond acceptors (Lipinski definition) is 7. The maximum atomic E-state index is 12.0. The van der Waals surface area contributed by atoms with E-state index in [2.05, 4.69) is 10.6 Å². The SMILES string of the molecule is CCOC(=O)c1ccccc1NC(=O)COC(=O)CCN1C(=O)NC(C)(C)C1=O. The van der Waals surface area contributed by atoms with Gasteiger partial charge in [0, 0.05) is 6.54 Å². The molecule has 0 aromatic heterocycles. The molecule has 0 bridgehead atoms. The summed E-state index contributed by atoms with van der Waals surface area (Å²) in [6.45, 7) is 4.24. The maximum absolute atomic E-state index is 12.0. The highest BCUT2D eigenvalue weighted by Gasteiger charge is 2.44. The molecule has 10 heteroatoms. The molecule has 1 aromatic carbocycles. The highest BCUT2D eigenvalue weighted by atomic mass is 16.5. The summed E-state index contributed by atoms with van der Waals surface area (Å²) in [6.07, 6.45) is -0.248. The number of nitrogens with one attached hydrogen (secondary N) is 2. The standard InChI is InChI=1S/C19H23N3O7/c1-4-28-16(25)12-7-5-6-8-13(12)20-14(23)11-29-15(24)9-10-22-17(26)19(2,3)21-18(22)27/h5-8H,4,9-11H2,1-3H3,(H,20,23)(H,21,27). The Morgan fingerprint density at radius 3 is 2.45 bits per heavy atom. The molecule has 1 fully saturated rings. The Labute approximate surface area is 167 Å². The number of imide groups is 1. The van der Waals surface area contributed by atoms with Crippen molar-refractivity contribution in [2.24, 2.45) is 0 Å². The number of hydrogen-bond donors (Lipinski definition) is 2. The second-order valence-electron chi connectivity index (χ2n) is 6.74. The number of amides is 4. The molecule has 0 aliphatic carbocycles. The fourth-order valence-electron chi connectivity index (χ4n) is 2.61. The zero-order valence-electron chi connectivity index (χ0n) is 16.4. The van der Waals surface area contributed by atoms with E-state index in [1.165, 1.54) is 12.1 Å². The predicted molar refractivity (Wildman–Crippen MR) is 101 cm³/mol. The average molecular weight is 405 g/mol. The Bertz CT molecular complexity index is 835. The Kier molecular flexibility index (Phi) is 6.92. The van der Waals surface area contributed by atoms with Gasteiger partial charge in [0.15, 0.2) is 6.61 Å². The van der Waals surface area contributed by atoms with Gasteiger partial charge in [-0.3, -0.25) is 19.3 Å². The van der Waals surface area contributed by atoms with Gasteiger partial charge < -0.3 is 20.1 Å². The van der Waals surface area contributed by atoms with Gasteiger partial charge in [-0.2, -0.15) is 0 Å². The molecule has 1 saturated heterocycles. The van der Waals surface area contributed by atoms with Crippen LogP contribution in [0.4, 0.5) is 10.5 Å². The number of carbonyl (C=O) groups excluding carboxylic acids is 5. The molecule has 0 spiro atoms. The van der Waals surface area contributed by atoms with Gasteiger partial charge in [0.2, 0.25) is 0 Å². The highest BCUT2D eigenvalue weighted by Crippen LogP contribution is 2.17. The highest BCUT2D eigenvalue weighted by molar-refractivity contribution is 6.06. The van der Waals surface area contributed by atoms with Crippen molar-refractivity contribution in [3.05, 3.63) is 29.8 Å². The van der Waals surface area contributed by atoms with Gasteiger partial charge in [0.1, 0.15) is 5.54 Å². The van der Waals surface area contributed by atoms with Crippen molar-refractivity contribution in [3.63, 3.8) is 0 Å². The zero-order chi connectivity index (χ0) is 21.6. The lowest BCUT2D eigenvalue weighted by Crippen LogP contribution is -2.40. The lowest BCUT2D eigenvalue weighted by atomic mass is 10.1. The van der Waals surface area contributed by atoms with Crippen LogP contribution in [0, 0.1) is 0 Å². The fraction of sp³-hybridized carbons (Fsp3) is 0.421. The molecule has 0 saturated carbocycles. The van der Waals surface area contributed by atoms with Crippen LogP contribution in [0.1, 0.15) is 37.6 Å². The molecule has 4 amide bonds. The average Bonchev–Trinajstić information content (AvgIpc) is 2.86. The molecule has 2 N–H and O–H groups in total. The van der Waals surface area contributed by atoms with Gasteiger partial charge in [-0.15, -0.1) is 0 Å². The van der Waals surface area contributed by atoms with Crippen LogP contribution in [0.2, 0.25) is 0 Å². The van der Waals surface area contributed by atoms with Crippen molar-refractivity contribution >= 4 is 35.5 Å². The monoisotopic (exact) mass is 405 g/mol. The number of nitrogens with zero attached hydrogens (tertiary/aromatic N) is 1. The summed E-state index contributed by atoms with van der Waals surface area (Å²) in [6, 6.07) is 5.69. The van der Waals surface area contributed by atoms with Crippen LogP contribution in [-0.2, 0) is 23.9 Å². The van der Waals surface area contributed by atoms with Gasteiger partial charge in [-0.1, -0.05) is 12.1 Å². The minimum absolute atomic E-state index is 0.153. The molecule has 0 unspecified atom stereocenters. The van der Waals surface area contributed by atoms with Gasteiger partial charge in [0.05, 0.1) is 24.3 Å². The number of anilines is 1. The summed E-state index contributed by atoms with van der Waals surface area (Å²) in [5.74, 6) is -2.42. The van der Waals surface area contributed by atoms with Gasteiger partial charge >= 0.3 is 18.0 Å². The Morgan fingerprint density at radius 2 is 1.83 bits per heavy atom. The number of ether oxygens (including phenoxy) is 2. The minimum atomic E-state index is -1.02. The van der Waals surface area contributed by atoms with Crippen molar-refractivity contribution in [1.82, 2.24) is 10.2 Å². The van der Waals surface area contributed by atoms with E-state index in [4.69, 9.17) is 9.47 Å². The van der Waals surface area contributed by atoms with Crippen LogP contribution in [0.15, 0.2) is 24.3 Å². The van der Waals surface area contributed by atoms with Gasteiger partial charge in [0.25, 0.3) is 11.8 Å². The number of para-hydroxylation sites is 1. The van der Waals surface area contributed by atoms with Crippen LogP contribution in [0.5, 0.6) is 0 Å². The van der Waals surface area contributed by atoms with Crippen LogP contribution in [0.3, 0.4) is 0 Å². The number of rotatable bonds is 8. The Balaban J connectivity index is 1.83. The van der Waals surface area contributed by atoms with Crippen LogP contribution in [0.25, 0.3) is 0 Å². The van der Waals surface area contributed by atoms with Crippen molar-refractivity contribution in [3.8, 4) is 0 Å². The summed E-state index contributed by atoms with van der Waals surface area (Å²) in [7, 11) is 0. The van der Waals surface area contributed by atoms with Crippen molar-refractivity contribution in [2.75, 3.05) is 25.1 Å². The summed E-state index contributed by atoms with van der Waals surface area (Å²) in [5, 5.41) is 4.98. The number of urea groups is 1. The number of esters is 2. The first kappa shape index (κ1) is 21.9. The molecule has 0 radical (unpaired) electrons. The van der Waals surface area contributed by atoms with E-state index in [9.17, 15) is 24.0 Å². The van der Waals surface area contributed by atoms with Crippen LogP contribution in [-0.4, -0.2) is 60.0 Å². The van der Waals surface area contributed by atoms with E-state index in [1.807, 2.05) is 0 Å². The van der Waals surface area contributed by atoms with E-state index < -0.39 is 41.9 Å². The van der Waals surface area contributed by atoms with Crippen LogP contribution >= 0.6 is 0 Å². The molecule has 1 aliphatic heterocycles. The number of carbonyl (C=O) groups is 5. The summed E-state index contributed by atoms with van der Waals surface area (Å²) < 4.78 is 9.79.